The summed E-state index contributed by atoms with van der Waals surface area (Å²) in [6.45, 7) is 6.47. The Hall–Kier alpha value is -1.42. The van der Waals surface area contributed by atoms with Crippen LogP contribution in [0.1, 0.15) is 31.3 Å². The van der Waals surface area contributed by atoms with Crippen molar-refractivity contribution in [1.82, 2.24) is 4.98 Å². The molecule has 16 heavy (non-hydrogen) atoms. The summed E-state index contributed by atoms with van der Waals surface area (Å²) in [6.07, 6.45) is 1.76. The number of rotatable bonds is 6. The van der Waals surface area contributed by atoms with Crippen molar-refractivity contribution in [3.05, 3.63) is 24.0 Å². The molecule has 0 aliphatic heterocycles. The van der Waals surface area contributed by atoms with Crippen LogP contribution in [0.5, 0.6) is 5.75 Å². The average Bonchev–Trinajstić information content (AvgIpc) is 2.25. The molecule has 4 heteroatoms. The molecule has 1 aromatic heterocycles. The van der Waals surface area contributed by atoms with Crippen LogP contribution in [-0.2, 0) is 4.74 Å². The molecule has 0 unspecified atom stereocenters. The van der Waals surface area contributed by atoms with Gasteiger partial charge in [0.1, 0.15) is 18.1 Å². The number of nitrogens with zero attached hydrogens (tertiary/aromatic N) is 1. The van der Waals surface area contributed by atoms with Gasteiger partial charge in [0.05, 0.1) is 18.9 Å². The molecule has 4 nitrogen and oxygen atoms in total. The lowest BCUT2D eigenvalue weighted by Crippen LogP contribution is -2.11. The van der Waals surface area contributed by atoms with Crippen LogP contribution < -0.4 is 4.74 Å². The summed E-state index contributed by atoms with van der Waals surface area (Å²) in [5, 5.41) is 0. The molecule has 0 N–H and O–H groups in total. The van der Waals surface area contributed by atoms with Crippen molar-refractivity contribution in [1.29, 1.82) is 0 Å². The van der Waals surface area contributed by atoms with Gasteiger partial charge in [0.25, 0.3) is 0 Å². The van der Waals surface area contributed by atoms with E-state index in [0.717, 1.165) is 0 Å². The fraction of sp³-hybridized carbons (Fsp3) is 0.500. The van der Waals surface area contributed by atoms with E-state index in [2.05, 4.69) is 4.98 Å². The Bertz CT molecular complexity index is 333. The summed E-state index contributed by atoms with van der Waals surface area (Å²) in [5.41, 5.74) is 0.450. The summed E-state index contributed by atoms with van der Waals surface area (Å²) in [5.74, 6) is 0.604. The maximum Gasteiger partial charge on any atom is 0.178 e. The molecule has 1 aromatic rings. The topological polar surface area (TPSA) is 48.4 Å². The Morgan fingerprint density at radius 3 is 2.62 bits per heavy atom. The summed E-state index contributed by atoms with van der Waals surface area (Å²) >= 11 is 0. The minimum atomic E-state index is -0.0466. The summed E-state index contributed by atoms with van der Waals surface area (Å²) in [6, 6.07) is 3.39. The molecule has 0 radical (unpaired) electrons. The summed E-state index contributed by atoms with van der Waals surface area (Å²) < 4.78 is 10.7. The summed E-state index contributed by atoms with van der Waals surface area (Å²) in [7, 11) is 0. The van der Waals surface area contributed by atoms with Crippen LogP contribution >= 0.6 is 0 Å². The zero-order valence-electron chi connectivity index (χ0n) is 9.90. The largest absolute Gasteiger partial charge is 0.490 e. The first-order valence-electron chi connectivity index (χ1n) is 5.31. The van der Waals surface area contributed by atoms with E-state index in [1.165, 1.54) is 6.92 Å². The van der Waals surface area contributed by atoms with Crippen molar-refractivity contribution in [3.63, 3.8) is 0 Å². The number of aromatic nitrogens is 1. The van der Waals surface area contributed by atoms with Gasteiger partial charge in [-0.3, -0.25) is 4.79 Å². The lowest BCUT2D eigenvalue weighted by Gasteiger charge is -2.08. The Morgan fingerprint density at radius 1 is 1.38 bits per heavy atom. The average molecular weight is 223 g/mol. The number of carbonyl (C=O) groups excluding carboxylic acids is 1. The van der Waals surface area contributed by atoms with Crippen LogP contribution in [0.2, 0.25) is 0 Å². The molecular formula is C12H17NO3. The number of carbonyl (C=O) groups is 1. The van der Waals surface area contributed by atoms with E-state index < -0.39 is 0 Å². The van der Waals surface area contributed by atoms with Crippen molar-refractivity contribution < 1.29 is 14.3 Å². The van der Waals surface area contributed by atoms with Gasteiger partial charge in [-0.05, 0) is 26.0 Å². The number of ketones is 1. The van der Waals surface area contributed by atoms with Gasteiger partial charge in [-0.15, -0.1) is 0 Å². The smallest absolute Gasteiger partial charge is 0.178 e. The SMILES string of the molecule is CC(=O)c1ccc(OCCOC(C)C)cn1. The minimum absolute atomic E-state index is 0.0466. The van der Waals surface area contributed by atoms with Crippen LogP contribution in [0, 0.1) is 0 Å². The van der Waals surface area contributed by atoms with Gasteiger partial charge >= 0.3 is 0 Å². The van der Waals surface area contributed by atoms with E-state index in [-0.39, 0.29) is 11.9 Å². The van der Waals surface area contributed by atoms with Crippen LogP contribution in [0.4, 0.5) is 0 Å². The summed E-state index contributed by atoms with van der Waals surface area (Å²) in [4.78, 5) is 14.9. The zero-order valence-corrected chi connectivity index (χ0v) is 9.90. The van der Waals surface area contributed by atoms with Crippen LogP contribution in [-0.4, -0.2) is 30.1 Å². The van der Waals surface area contributed by atoms with E-state index in [4.69, 9.17) is 9.47 Å². The maximum atomic E-state index is 11.0. The van der Waals surface area contributed by atoms with E-state index in [0.29, 0.717) is 24.7 Å². The number of hydrogen-bond acceptors (Lipinski definition) is 4. The number of pyridine rings is 1. The second-order valence-electron chi connectivity index (χ2n) is 3.70. The van der Waals surface area contributed by atoms with Gasteiger partial charge in [0.15, 0.2) is 5.78 Å². The molecule has 0 fully saturated rings. The van der Waals surface area contributed by atoms with E-state index >= 15 is 0 Å². The highest BCUT2D eigenvalue weighted by Crippen LogP contribution is 2.09. The van der Waals surface area contributed by atoms with Gasteiger partial charge in [-0.1, -0.05) is 0 Å². The van der Waals surface area contributed by atoms with Gasteiger partial charge in [-0.25, -0.2) is 4.98 Å². The molecule has 0 atom stereocenters. The zero-order chi connectivity index (χ0) is 12.0. The first kappa shape index (κ1) is 12.6. The minimum Gasteiger partial charge on any atom is -0.490 e. The lowest BCUT2D eigenvalue weighted by atomic mass is 10.3. The van der Waals surface area contributed by atoms with Gasteiger partial charge < -0.3 is 9.47 Å². The van der Waals surface area contributed by atoms with Gasteiger partial charge in [0.2, 0.25) is 0 Å². The molecule has 0 spiro atoms. The number of hydrogen-bond donors (Lipinski definition) is 0. The van der Waals surface area contributed by atoms with Crippen molar-refractivity contribution in [2.75, 3.05) is 13.2 Å². The molecule has 0 aliphatic carbocycles. The van der Waals surface area contributed by atoms with Gasteiger partial charge in [-0.2, -0.15) is 0 Å². The monoisotopic (exact) mass is 223 g/mol. The third kappa shape index (κ3) is 4.40. The standard InChI is InChI=1S/C12H17NO3/c1-9(2)15-6-7-16-11-4-5-12(10(3)14)13-8-11/h4-5,8-9H,6-7H2,1-3H3. The van der Waals surface area contributed by atoms with Crippen molar-refractivity contribution >= 4 is 5.78 Å². The Morgan fingerprint density at radius 2 is 2.12 bits per heavy atom. The molecule has 0 amide bonds. The highest BCUT2D eigenvalue weighted by atomic mass is 16.5. The van der Waals surface area contributed by atoms with Crippen LogP contribution in [0.3, 0.4) is 0 Å². The first-order chi connectivity index (χ1) is 7.59. The van der Waals surface area contributed by atoms with E-state index in [1.807, 2.05) is 13.8 Å². The Balaban J connectivity index is 2.35. The normalized spacial score (nSPS) is 10.5. The van der Waals surface area contributed by atoms with Crippen LogP contribution in [0.15, 0.2) is 18.3 Å². The van der Waals surface area contributed by atoms with Crippen molar-refractivity contribution in [2.24, 2.45) is 0 Å². The molecule has 1 heterocycles. The molecule has 88 valence electrons. The fourth-order valence-corrected chi connectivity index (χ4v) is 1.12. The number of Topliss-reactive ketones (excluding diaryl/α,β-unsaturated/α-hetero) is 1. The third-order valence-electron chi connectivity index (χ3n) is 1.90. The predicted octanol–water partition coefficient (Wildman–Crippen LogP) is 2.09. The quantitative estimate of drug-likeness (QED) is 0.547. The Kier molecular flexibility index (Phi) is 4.92. The molecule has 1 rings (SSSR count). The van der Waals surface area contributed by atoms with E-state index in [9.17, 15) is 4.79 Å². The highest BCUT2D eigenvalue weighted by Gasteiger charge is 2.01. The first-order valence-corrected chi connectivity index (χ1v) is 5.31. The van der Waals surface area contributed by atoms with Crippen LogP contribution in [0.25, 0.3) is 0 Å². The molecule has 0 aromatic carbocycles. The van der Waals surface area contributed by atoms with Crippen molar-refractivity contribution in [2.45, 2.75) is 26.9 Å². The number of ether oxygens (including phenoxy) is 2. The molecule has 0 saturated heterocycles. The van der Waals surface area contributed by atoms with Gasteiger partial charge in [0, 0.05) is 6.92 Å². The second kappa shape index (κ2) is 6.23. The fourth-order valence-electron chi connectivity index (χ4n) is 1.12. The third-order valence-corrected chi connectivity index (χ3v) is 1.90. The maximum absolute atomic E-state index is 11.0. The van der Waals surface area contributed by atoms with E-state index in [1.54, 1.807) is 18.3 Å². The highest BCUT2D eigenvalue weighted by molar-refractivity contribution is 5.92. The molecule has 0 saturated carbocycles. The molecule has 0 bridgehead atoms. The Labute approximate surface area is 95.6 Å². The lowest BCUT2D eigenvalue weighted by molar-refractivity contribution is 0.0552. The molecular weight excluding hydrogens is 206 g/mol. The molecule has 0 aliphatic rings. The van der Waals surface area contributed by atoms with Crippen molar-refractivity contribution in [3.8, 4) is 5.75 Å². The predicted molar refractivity (Wildman–Crippen MR) is 60.8 cm³/mol. The second-order valence-corrected chi connectivity index (χ2v) is 3.70.